The smallest absolute Gasteiger partial charge is 0.262 e. The molecule has 1 aliphatic heterocycles. The number of hydrogen-bond acceptors (Lipinski definition) is 4. The number of fused-ring (bicyclic) bond motifs is 1. The summed E-state index contributed by atoms with van der Waals surface area (Å²) in [4.78, 5) is 39.6. The molecule has 2 atom stereocenters. The van der Waals surface area contributed by atoms with Gasteiger partial charge >= 0.3 is 0 Å². The van der Waals surface area contributed by atoms with Crippen LogP contribution in [0.25, 0.3) is 0 Å². The fourth-order valence-corrected chi connectivity index (χ4v) is 3.80. The normalized spacial score (nSPS) is 15.8. The van der Waals surface area contributed by atoms with Crippen LogP contribution >= 0.6 is 11.8 Å². The topological polar surface area (TPSA) is 66.5 Å². The van der Waals surface area contributed by atoms with Gasteiger partial charge in [-0.3, -0.25) is 19.3 Å². The molecule has 0 radical (unpaired) electrons. The lowest BCUT2D eigenvalue weighted by molar-refractivity contribution is -0.125. The van der Waals surface area contributed by atoms with Gasteiger partial charge < -0.3 is 5.32 Å². The first-order valence-electron chi connectivity index (χ1n) is 9.63. The molecule has 0 saturated carbocycles. The molecule has 27 heavy (non-hydrogen) atoms. The molecule has 148 valence electrons. The van der Waals surface area contributed by atoms with Crippen molar-refractivity contribution in [3.63, 3.8) is 0 Å². The Morgan fingerprint density at radius 1 is 1.04 bits per heavy atom. The van der Waals surface area contributed by atoms with Crippen molar-refractivity contribution in [3.8, 4) is 0 Å². The van der Waals surface area contributed by atoms with Crippen LogP contribution in [-0.2, 0) is 4.79 Å². The lowest BCUT2D eigenvalue weighted by Gasteiger charge is -2.27. The molecule has 0 fully saturated rings. The Hall–Kier alpha value is -1.82. The van der Waals surface area contributed by atoms with E-state index in [0.717, 1.165) is 24.2 Å². The number of nitrogens with zero attached hydrogens (tertiary/aromatic N) is 1. The van der Waals surface area contributed by atoms with Gasteiger partial charge in [0.05, 0.1) is 11.1 Å². The van der Waals surface area contributed by atoms with E-state index in [1.807, 2.05) is 13.2 Å². The van der Waals surface area contributed by atoms with Gasteiger partial charge in [-0.05, 0) is 49.8 Å². The highest BCUT2D eigenvalue weighted by atomic mass is 32.2. The molecule has 1 aliphatic rings. The standard InChI is InChI=1S/C21H30N2O3S/c1-14(2)8-7-9-15(3)22-19(24)18(12-13-27-4)23-20(25)16-10-5-6-11-17(16)21(23)26/h5-6,10-11,14-15,18H,7-9,12-13H2,1-4H3,(H,22,24)/t15-,18+/m1/s1. The van der Waals surface area contributed by atoms with Crippen LogP contribution in [0.3, 0.4) is 0 Å². The first-order valence-corrected chi connectivity index (χ1v) is 11.0. The van der Waals surface area contributed by atoms with Crippen molar-refractivity contribution in [1.82, 2.24) is 10.2 Å². The predicted molar refractivity (Wildman–Crippen MR) is 110 cm³/mol. The zero-order valence-corrected chi connectivity index (χ0v) is 17.5. The Kier molecular flexibility index (Phi) is 7.90. The molecule has 0 aromatic heterocycles. The monoisotopic (exact) mass is 390 g/mol. The molecule has 0 aliphatic carbocycles. The fraction of sp³-hybridized carbons (Fsp3) is 0.571. The van der Waals surface area contributed by atoms with E-state index < -0.39 is 6.04 Å². The van der Waals surface area contributed by atoms with Crippen LogP contribution in [0.5, 0.6) is 0 Å². The first-order chi connectivity index (χ1) is 12.9. The second-order valence-electron chi connectivity index (χ2n) is 7.56. The average molecular weight is 391 g/mol. The molecular formula is C21H30N2O3S. The van der Waals surface area contributed by atoms with Crippen LogP contribution in [0.2, 0.25) is 0 Å². The van der Waals surface area contributed by atoms with Crippen molar-refractivity contribution in [2.75, 3.05) is 12.0 Å². The fourth-order valence-electron chi connectivity index (χ4n) is 3.34. The molecule has 1 heterocycles. The summed E-state index contributed by atoms with van der Waals surface area (Å²) < 4.78 is 0. The molecule has 1 aromatic carbocycles. The molecule has 0 saturated heterocycles. The third-order valence-electron chi connectivity index (χ3n) is 4.84. The second kappa shape index (κ2) is 9.93. The van der Waals surface area contributed by atoms with Crippen molar-refractivity contribution < 1.29 is 14.4 Å². The van der Waals surface area contributed by atoms with Gasteiger partial charge in [0.25, 0.3) is 11.8 Å². The number of hydrogen-bond donors (Lipinski definition) is 1. The second-order valence-corrected chi connectivity index (χ2v) is 8.54. The highest BCUT2D eigenvalue weighted by Gasteiger charge is 2.42. The van der Waals surface area contributed by atoms with Crippen molar-refractivity contribution >= 4 is 29.5 Å². The van der Waals surface area contributed by atoms with Crippen LogP contribution in [-0.4, -0.2) is 46.7 Å². The molecule has 2 rings (SSSR count). The number of carbonyl (C=O) groups is 3. The molecule has 0 bridgehead atoms. The summed E-state index contributed by atoms with van der Waals surface area (Å²) >= 11 is 1.60. The maximum absolute atomic E-state index is 12.9. The van der Waals surface area contributed by atoms with Gasteiger partial charge in [-0.25, -0.2) is 0 Å². The molecule has 0 unspecified atom stereocenters. The Balaban J connectivity index is 2.10. The van der Waals surface area contributed by atoms with Crippen LogP contribution in [0, 0.1) is 5.92 Å². The van der Waals surface area contributed by atoms with Gasteiger partial charge in [0.2, 0.25) is 5.91 Å². The van der Waals surface area contributed by atoms with E-state index in [-0.39, 0.29) is 23.8 Å². The van der Waals surface area contributed by atoms with Crippen molar-refractivity contribution in [1.29, 1.82) is 0 Å². The van der Waals surface area contributed by atoms with Gasteiger partial charge in [-0.15, -0.1) is 0 Å². The quantitative estimate of drug-likeness (QED) is 0.618. The summed E-state index contributed by atoms with van der Waals surface area (Å²) in [7, 11) is 0. The highest BCUT2D eigenvalue weighted by molar-refractivity contribution is 7.98. The van der Waals surface area contributed by atoms with E-state index >= 15 is 0 Å². The third kappa shape index (κ3) is 5.34. The van der Waals surface area contributed by atoms with Crippen molar-refractivity contribution in [2.24, 2.45) is 5.92 Å². The maximum atomic E-state index is 12.9. The molecule has 0 spiro atoms. The van der Waals surface area contributed by atoms with Crippen LogP contribution in [0.4, 0.5) is 0 Å². The van der Waals surface area contributed by atoms with E-state index in [0.29, 0.717) is 29.2 Å². The number of thioether (sulfide) groups is 1. The highest BCUT2D eigenvalue weighted by Crippen LogP contribution is 2.26. The average Bonchev–Trinajstić information content (AvgIpc) is 2.87. The number of nitrogens with one attached hydrogen (secondary N) is 1. The molecule has 6 heteroatoms. The third-order valence-corrected chi connectivity index (χ3v) is 5.49. The number of amides is 3. The number of benzene rings is 1. The molecule has 5 nitrogen and oxygen atoms in total. The summed E-state index contributed by atoms with van der Waals surface area (Å²) in [5.41, 5.74) is 0.767. The predicted octanol–water partition coefficient (Wildman–Crippen LogP) is 3.74. The minimum atomic E-state index is -0.766. The van der Waals surface area contributed by atoms with Gasteiger partial charge in [0, 0.05) is 6.04 Å². The summed E-state index contributed by atoms with van der Waals surface area (Å²) in [6.07, 6.45) is 5.46. The lowest BCUT2D eigenvalue weighted by Crippen LogP contribution is -2.51. The van der Waals surface area contributed by atoms with Crippen molar-refractivity contribution in [2.45, 2.75) is 58.5 Å². The summed E-state index contributed by atoms with van der Waals surface area (Å²) in [6.45, 7) is 6.35. The van der Waals surface area contributed by atoms with Gasteiger partial charge in [0.1, 0.15) is 6.04 Å². The maximum Gasteiger partial charge on any atom is 0.262 e. The van der Waals surface area contributed by atoms with Crippen LogP contribution in [0.1, 0.15) is 67.2 Å². The number of imide groups is 1. The Morgan fingerprint density at radius 2 is 1.63 bits per heavy atom. The Bertz CT molecular complexity index is 655. The van der Waals surface area contributed by atoms with Gasteiger partial charge in [0.15, 0.2) is 0 Å². The Labute approximate surface area is 166 Å². The van der Waals surface area contributed by atoms with Gasteiger partial charge in [-0.1, -0.05) is 38.8 Å². The minimum absolute atomic E-state index is 0.0169. The number of carbonyl (C=O) groups excluding carboxylic acids is 3. The largest absolute Gasteiger partial charge is 0.352 e. The molecule has 3 amide bonds. The lowest BCUT2D eigenvalue weighted by atomic mass is 10.0. The molecular weight excluding hydrogens is 360 g/mol. The van der Waals surface area contributed by atoms with Crippen LogP contribution < -0.4 is 5.32 Å². The van der Waals surface area contributed by atoms with E-state index in [9.17, 15) is 14.4 Å². The molecule has 1 N–H and O–H groups in total. The van der Waals surface area contributed by atoms with Crippen LogP contribution in [0.15, 0.2) is 24.3 Å². The summed E-state index contributed by atoms with van der Waals surface area (Å²) in [5, 5.41) is 3.01. The Morgan fingerprint density at radius 3 is 2.15 bits per heavy atom. The zero-order valence-electron chi connectivity index (χ0n) is 16.7. The van der Waals surface area contributed by atoms with E-state index in [1.165, 1.54) is 0 Å². The van der Waals surface area contributed by atoms with E-state index in [1.54, 1.807) is 36.0 Å². The van der Waals surface area contributed by atoms with Gasteiger partial charge in [-0.2, -0.15) is 11.8 Å². The molecule has 1 aromatic rings. The van der Waals surface area contributed by atoms with E-state index in [4.69, 9.17) is 0 Å². The minimum Gasteiger partial charge on any atom is -0.352 e. The van der Waals surface area contributed by atoms with Crippen molar-refractivity contribution in [3.05, 3.63) is 35.4 Å². The van der Waals surface area contributed by atoms with E-state index in [2.05, 4.69) is 19.2 Å². The summed E-state index contributed by atoms with van der Waals surface area (Å²) in [5.74, 6) is 0.359. The SMILES string of the molecule is CSCC[C@@H](C(=O)N[C@H](C)CCCC(C)C)N1C(=O)c2ccccc2C1=O. The summed E-state index contributed by atoms with van der Waals surface area (Å²) in [6, 6.07) is 6.02. The first kappa shape index (κ1) is 21.5. The zero-order chi connectivity index (χ0) is 20.0. The number of rotatable bonds is 10.